The van der Waals surface area contributed by atoms with Crippen LogP contribution < -0.4 is 15.3 Å². The van der Waals surface area contributed by atoms with E-state index in [9.17, 15) is 9.59 Å². The molecule has 1 aliphatic rings. The van der Waals surface area contributed by atoms with Crippen LogP contribution in [0.25, 0.3) is 0 Å². The molecule has 1 amide bonds. The fraction of sp³-hybridized carbons (Fsp3) is 0.357. The number of H-pyrrole nitrogens is 2. The van der Waals surface area contributed by atoms with Crippen molar-refractivity contribution in [2.45, 2.75) is 0 Å². The Bertz CT molecular complexity index is 715. The van der Waals surface area contributed by atoms with E-state index in [1.54, 1.807) is 12.0 Å². The number of nitrogens with one attached hydrogen (secondary N) is 2. The first-order valence-electron chi connectivity index (χ1n) is 7.01. The van der Waals surface area contributed by atoms with Crippen molar-refractivity contribution in [3.8, 4) is 5.75 Å². The molecule has 0 saturated carbocycles. The second-order valence-electron chi connectivity index (χ2n) is 4.98. The molecule has 0 spiro atoms. The number of aromatic amines is 2. The number of benzene rings is 1. The van der Waals surface area contributed by atoms with Crippen LogP contribution in [0, 0.1) is 0 Å². The normalized spacial score (nSPS) is 15.0. The van der Waals surface area contributed by atoms with Crippen LogP contribution in [0.2, 0.25) is 0 Å². The second-order valence-corrected chi connectivity index (χ2v) is 4.98. The molecule has 1 fully saturated rings. The maximum Gasteiger partial charge on any atom is 0.341 e. The Hall–Kier alpha value is -2.77. The molecule has 1 aliphatic heterocycles. The number of hydrogen-bond acceptors (Lipinski definition) is 5. The zero-order valence-electron chi connectivity index (χ0n) is 12.2. The molecule has 1 saturated heterocycles. The predicted molar refractivity (Wildman–Crippen MR) is 80.3 cm³/mol. The molecule has 22 heavy (non-hydrogen) atoms. The van der Waals surface area contributed by atoms with Crippen molar-refractivity contribution in [2.75, 3.05) is 38.2 Å². The third kappa shape index (κ3) is 2.67. The van der Waals surface area contributed by atoms with Crippen LogP contribution in [-0.2, 0) is 0 Å². The summed E-state index contributed by atoms with van der Waals surface area (Å²) < 4.78 is 5.37. The van der Waals surface area contributed by atoms with Crippen molar-refractivity contribution in [1.29, 1.82) is 0 Å². The zero-order chi connectivity index (χ0) is 15.5. The molecule has 1 aromatic heterocycles. The van der Waals surface area contributed by atoms with E-state index >= 15 is 0 Å². The fourth-order valence-corrected chi connectivity index (χ4v) is 2.56. The molecule has 2 aromatic rings. The molecule has 8 heteroatoms. The standard InChI is InChI=1S/C14H17N5O3/c1-22-11-5-3-2-4-10(11)18-6-8-19(9-7-18)13(20)12-15-14(21)17-16-12/h2-5H,6-9H2,1H3,(H2,15,16,17,21). The monoisotopic (exact) mass is 303 g/mol. The summed E-state index contributed by atoms with van der Waals surface area (Å²) in [5.41, 5.74) is 0.543. The lowest BCUT2D eigenvalue weighted by Crippen LogP contribution is -2.49. The van der Waals surface area contributed by atoms with Crippen LogP contribution >= 0.6 is 0 Å². The van der Waals surface area contributed by atoms with E-state index < -0.39 is 5.69 Å². The SMILES string of the molecule is COc1ccccc1N1CCN(C(=O)c2n[nH]c(=O)[nH]2)CC1. The number of nitrogens with zero attached hydrogens (tertiary/aromatic N) is 3. The summed E-state index contributed by atoms with van der Waals surface area (Å²) in [5.74, 6) is 0.604. The highest BCUT2D eigenvalue weighted by atomic mass is 16.5. The Kier molecular flexibility index (Phi) is 3.82. The Morgan fingerprint density at radius 3 is 2.59 bits per heavy atom. The number of carbonyl (C=O) groups is 1. The van der Waals surface area contributed by atoms with Crippen LogP contribution in [0.15, 0.2) is 29.1 Å². The molecule has 0 unspecified atom stereocenters. The van der Waals surface area contributed by atoms with Gasteiger partial charge in [0.2, 0.25) is 5.82 Å². The van der Waals surface area contributed by atoms with Crippen LogP contribution in [0.5, 0.6) is 5.75 Å². The van der Waals surface area contributed by atoms with Gasteiger partial charge < -0.3 is 14.5 Å². The molecule has 3 rings (SSSR count). The predicted octanol–water partition coefficient (Wildman–Crippen LogP) is 0.0690. The molecular formula is C14H17N5O3. The Balaban J connectivity index is 1.67. The number of para-hydroxylation sites is 2. The number of ether oxygens (including phenoxy) is 1. The summed E-state index contributed by atoms with van der Waals surface area (Å²) in [6.07, 6.45) is 0. The van der Waals surface area contributed by atoms with Crippen molar-refractivity contribution in [1.82, 2.24) is 20.1 Å². The van der Waals surface area contributed by atoms with Gasteiger partial charge in [0.1, 0.15) is 5.75 Å². The molecule has 0 radical (unpaired) electrons. The molecule has 0 aliphatic carbocycles. The number of hydrogen-bond donors (Lipinski definition) is 2. The maximum atomic E-state index is 12.2. The van der Waals surface area contributed by atoms with Gasteiger partial charge in [-0.25, -0.2) is 9.89 Å². The van der Waals surface area contributed by atoms with Gasteiger partial charge in [0.25, 0.3) is 5.91 Å². The number of piperazine rings is 1. The van der Waals surface area contributed by atoms with Gasteiger partial charge in [-0.15, -0.1) is 5.10 Å². The van der Waals surface area contributed by atoms with E-state index in [4.69, 9.17) is 4.74 Å². The lowest BCUT2D eigenvalue weighted by molar-refractivity contribution is 0.0734. The van der Waals surface area contributed by atoms with Gasteiger partial charge >= 0.3 is 5.69 Å². The minimum absolute atomic E-state index is 0.0516. The Labute approximate surface area is 126 Å². The van der Waals surface area contributed by atoms with Gasteiger partial charge in [-0.3, -0.25) is 9.78 Å². The van der Waals surface area contributed by atoms with Crippen LogP contribution in [-0.4, -0.2) is 59.3 Å². The van der Waals surface area contributed by atoms with E-state index in [1.165, 1.54) is 0 Å². The molecule has 0 bridgehead atoms. The molecule has 8 nitrogen and oxygen atoms in total. The first-order valence-corrected chi connectivity index (χ1v) is 7.01. The van der Waals surface area contributed by atoms with Gasteiger partial charge in [-0.05, 0) is 12.1 Å². The van der Waals surface area contributed by atoms with E-state index in [0.717, 1.165) is 11.4 Å². The second kappa shape index (κ2) is 5.92. The highest BCUT2D eigenvalue weighted by molar-refractivity contribution is 5.90. The molecular weight excluding hydrogens is 286 g/mol. The zero-order valence-corrected chi connectivity index (χ0v) is 12.2. The smallest absolute Gasteiger partial charge is 0.341 e. The first kappa shape index (κ1) is 14.2. The summed E-state index contributed by atoms with van der Waals surface area (Å²) in [6.45, 7) is 2.51. The topological polar surface area (TPSA) is 94.3 Å². The molecule has 0 atom stereocenters. The summed E-state index contributed by atoms with van der Waals surface area (Å²) in [4.78, 5) is 29.5. The van der Waals surface area contributed by atoms with E-state index in [0.29, 0.717) is 26.2 Å². The molecule has 2 N–H and O–H groups in total. The highest BCUT2D eigenvalue weighted by Crippen LogP contribution is 2.28. The number of carbonyl (C=O) groups excluding carboxylic acids is 1. The maximum absolute atomic E-state index is 12.2. The third-order valence-electron chi connectivity index (χ3n) is 3.70. The molecule has 1 aromatic carbocycles. The number of aromatic nitrogens is 3. The van der Waals surface area contributed by atoms with E-state index in [2.05, 4.69) is 20.1 Å². The fourth-order valence-electron chi connectivity index (χ4n) is 2.56. The minimum atomic E-state index is -0.476. The van der Waals surface area contributed by atoms with Crippen LogP contribution in [0.3, 0.4) is 0 Å². The van der Waals surface area contributed by atoms with Crippen LogP contribution in [0.1, 0.15) is 10.6 Å². The van der Waals surface area contributed by atoms with Gasteiger partial charge in [-0.1, -0.05) is 12.1 Å². The molecule has 2 heterocycles. The van der Waals surface area contributed by atoms with Gasteiger partial charge in [-0.2, -0.15) is 0 Å². The largest absolute Gasteiger partial charge is 0.495 e. The first-order chi connectivity index (χ1) is 10.7. The van der Waals surface area contributed by atoms with Crippen molar-refractivity contribution < 1.29 is 9.53 Å². The summed E-state index contributed by atoms with van der Waals surface area (Å²) in [7, 11) is 1.65. The van der Waals surface area contributed by atoms with Gasteiger partial charge in [0.15, 0.2) is 0 Å². The van der Waals surface area contributed by atoms with Gasteiger partial charge in [0.05, 0.1) is 12.8 Å². The molecule has 116 valence electrons. The van der Waals surface area contributed by atoms with E-state index in [1.807, 2.05) is 24.3 Å². The Morgan fingerprint density at radius 1 is 1.23 bits per heavy atom. The highest BCUT2D eigenvalue weighted by Gasteiger charge is 2.25. The van der Waals surface area contributed by atoms with Crippen molar-refractivity contribution in [2.24, 2.45) is 0 Å². The van der Waals surface area contributed by atoms with Crippen molar-refractivity contribution in [3.63, 3.8) is 0 Å². The number of rotatable bonds is 3. The summed E-state index contributed by atoms with van der Waals surface area (Å²) in [5, 5.41) is 5.88. The number of methoxy groups -OCH3 is 1. The van der Waals surface area contributed by atoms with Gasteiger partial charge in [0, 0.05) is 26.2 Å². The van der Waals surface area contributed by atoms with Crippen molar-refractivity contribution >= 4 is 11.6 Å². The average molecular weight is 303 g/mol. The lowest BCUT2D eigenvalue weighted by atomic mass is 10.2. The lowest BCUT2D eigenvalue weighted by Gasteiger charge is -2.36. The minimum Gasteiger partial charge on any atom is -0.495 e. The number of anilines is 1. The summed E-state index contributed by atoms with van der Waals surface area (Å²) in [6, 6.07) is 7.81. The van der Waals surface area contributed by atoms with E-state index in [-0.39, 0.29) is 11.7 Å². The van der Waals surface area contributed by atoms with Crippen molar-refractivity contribution in [3.05, 3.63) is 40.6 Å². The van der Waals surface area contributed by atoms with Crippen LogP contribution in [0.4, 0.5) is 5.69 Å². The average Bonchev–Trinajstić information content (AvgIpc) is 3.01. The third-order valence-corrected chi connectivity index (χ3v) is 3.70. The Morgan fingerprint density at radius 2 is 1.95 bits per heavy atom. The summed E-state index contributed by atoms with van der Waals surface area (Å²) >= 11 is 0. The number of amides is 1. The quantitative estimate of drug-likeness (QED) is 0.837.